The molecule has 0 saturated heterocycles. The molecular weight excluding hydrogens is 308 g/mol. The van der Waals surface area contributed by atoms with Gasteiger partial charge in [-0.1, -0.05) is 11.3 Å². The predicted molar refractivity (Wildman–Crippen MR) is 78.6 cm³/mol. The van der Waals surface area contributed by atoms with E-state index in [0.29, 0.717) is 33.9 Å². The first-order valence-electron chi connectivity index (χ1n) is 6.22. The maximum atomic E-state index is 12.0. The molecule has 4 aromatic heterocycles. The standard InChI is InChI=1S/C12H8N6O3S/c13-11-15-9-7(22-12(20)17(9)3-4-19)10-14-8(16-18(10)11)6-2-1-5-21-6/h1-2,4-5H,3H2,(H2,13,15). The Morgan fingerprint density at radius 3 is 2.95 bits per heavy atom. The Morgan fingerprint density at radius 2 is 2.23 bits per heavy atom. The highest BCUT2D eigenvalue weighted by Crippen LogP contribution is 2.25. The number of furan rings is 1. The minimum absolute atomic E-state index is 0.0743. The van der Waals surface area contributed by atoms with E-state index in [0.717, 1.165) is 11.3 Å². The minimum Gasteiger partial charge on any atom is -0.461 e. The van der Waals surface area contributed by atoms with Crippen molar-refractivity contribution in [3.8, 4) is 11.6 Å². The lowest BCUT2D eigenvalue weighted by atomic mass is 10.4. The number of aromatic nitrogens is 5. The summed E-state index contributed by atoms with van der Waals surface area (Å²) in [5, 5.41) is 4.24. The molecule has 4 aromatic rings. The van der Waals surface area contributed by atoms with E-state index in [1.54, 1.807) is 12.1 Å². The molecule has 4 rings (SSSR count). The van der Waals surface area contributed by atoms with Crippen molar-refractivity contribution in [2.24, 2.45) is 0 Å². The van der Waals surface area contributed by atoms with Crippen molar-refractivity contribution < 1.29 is 9.21 Å². The summed E-state index contributed by atoms with van der Waals surface area (Å²) >= 11 is 0.944. The van der Waals surface area contributed by atoms with Gasteiger partial charge in [-0.05, 0) is 12.1 Å². The lowest BCUT2D eigenvalue weighted by Crippen LogP contribution is -2.14. The Balaban J connectivity index is 2.09. The van der Waals surface area contributed by atoms with Crippen LogP contribution >= 0.6 is 11.3 Å². The van der Waals surface area contributed by atoms with Crippen molar-refractivity contribution in [3.63, 3.8) is 0 Å². The summed E-state index contributed by atoms with van der Waals surface area (Å²) in [4.78, 5) is 30.9. The highest BCUT2D eigenvalue weighted by molar-refractivity contribution is 7.17. The molecule has 110 valence electrons. The average molecular weight is 316 g/mol. The number of anilines is 1. The number of fused-ring (bicyclic) bond motifs is 3. The molecule has 2 N–H and O–H groups in total. The van der Waals surface area contributed by atoms with Gasteiger partial charge < -0.3 is 14.9 Å². The SMILES string of the molecule is Nc1nc2c(sc(=O)n2CC=O)c2nc(-c3ccco3)nn12. The summed E-state index contributed by atoms with van der Waals surface area (Å²) < 4.78 is 8.38. The molecule has 10 heteroatoms. The molecule has 0 saturated carbocycles. The van der Waals surface area contributed by atoms with Crippen LogP contribution in [0.15, 0.2) is 27.6 Å². The fourth-order valence-corrected chi connectivity index (χ4v) is 3.09. The summed E-state index contributed by atoms with van der Waals surface area (Å²) in [7, 11) is 0. The van der Waals surface area contributed by atoms with Crippen molar-refractivity contribution >= 4 is 39.6 Å². The fraction of sp³-hybridized carbons (Fsp3) is 0.0833. The number of thiazole rings is 1. The molecule has 0 unspecified atom stereocenters. The first kappa shape index (κ1) is 12.7. The Morgan fingerprint density at radius 1 is 1.36 bits per heavy atom. The van der Waals surface area contributed by atoms with Gasteiger partial charge in [0.15, 0.2) is 17.1 Å². The summed E-state index contributed by atoms with van der Waals surface area (Å²) in [6.07, 6.45) is 2.14. The van der Waals surface area contributed by atoms with E-state index in [4.69, 9.17) is 10.2 Å². The summed E-state index contributed by atoms with van der Waals surface area (Å²) in [5.74, 6) is 0.898. The maximum absolute atomic E-state index is 12.0. The zero-order valence-corrected chi connectivity index (χ0v) is 11.8. The third-order valence-electron chi connectivity index (χ3n) is 3.11. The van der Waals surface area contributed by atoms with Crippen LogP contribution < -0.4 is 10.6 Å². The van der Waals surface area contributed by atoms with Crippen LogP contribution in [0.5, 0.6) is 0 Å². The van der Waals surface area contributed by atoms with E-state index in [-0.39, 0.29) is 17.4 Å². The van der Waals surface area contributed by atoms with Gasteiger partial charge in [0.05, 0.1) is 12.8 Å². The zero-order valence-electron chi connectivity index (χ0n) is 11.0. The third-order valence-corrected chi connectivity index (χ3v) is 4.08. The fourth-order valence-electron chi connectivity index (χ4n) is 2.17. The number of carbonyl (C=O) groups excluding carboxylic acids is 1. The van der Waals surface area contributed by atoms with Crippen LogP contribution in [0.1, 0.15) is 0 Å². The number of nitrogen functional groups attached to an aromatic ring is 1. The van der Waals surface area contributed by atoms with Gasteiger partial charge in [0.25, 0.3) is 0 Å². The van der Waals surface area contributed by atoms with Crippen molar-refractivity contribution in [2.45, 2.75) is 6.54 Å². The number of nitrogens with two attached hydrogens (primary N) is 1. The van der Waals surface area contributed by atoms with E-state index in [2.05, 4.69) is 15.1 Å². The summed E-state index contributed by atoms with van der Waals surface area (Å²) in [5.41, 5.74) is 6.61. The van der Waals surface area contributed by atoms with Crippen molar-refractivity contribution in [1.29, 1.82) is 0 Å². The van der Waals surface area contributed by atoms with Crippen LogP contribution in [0.4, 0.5) is 5.95 Å². The molecule has 0 bridgehead atoms. The molecule has 0 spiro atoms. The Labute approximate surface area is 125 Å². The van der Waals surface area contributed by atoms with E-state index in [1.165, 1.54) is 15.3 Å². The Hall–Kier alpha value is -3.01. The second-order valence-electron chi connectivity index (χ2n) is 4.42. The molecule has 22 heavy (non-hydrogen) atoms. The van der Waals surface area contributed by atoms with Crippen molar-refractivity contribution in [2.75, 3.05) is 5.73 Å². The summed E-state index contributed by atoms with van der Waals surface area (Å²) in [6, 6.07) is 3.44. The van der Waals surface area contributed by atoms with E-state index in [9.17, 15) is 9.59 Å². The number of hydrogen-bond acceptors (Lipinski definition) is 8. The highest BCUT2D eigenvalue weighted by Gasteiger charge is 2.19. The lowest BCUT2D eigenvalue weighted by Gasteiger charge is -2.00. The Bertz CT molecular complexity index is 1060. The number of nitrogens with zero attached hydrogens (tertiary/aromatic N) is 5. The van der Waals surface area contributed by atoms with Crippen LogP contribution in [0.3, 0.4) is 0 Å². The van der Waals surface area contributed by atoms with Gasteiger partial charge in [-0.15, -0.1) is 5.10 Å². The normalized spacial score (nSPS) is 11.5. The van der Waals surface area contributed by atoms with Crippen molar-refractivity contribution in [1.82, 2.24) is 24.1 Å². The number of rotatable bonds is 3. The molecule has 0 atom stereocenters. The first-order chi connectivity index (χ1) is 10.7. The lowest BCUT2D eigenvalue weighted by molar-refractivity contribution is -0.108. The van der Waals surface area contributed by atoms with Crippen molar-refractivity contribution in [3.05, 3.63) is 28.1 Å². The molecular formula is C12H8N6O3S. The smallest absolute Gasteiger partial charge is 0.309 e. The van der Waals surface area contributed by atoms with Gasteiger partial charge in [0, 0.05) is 0 Å². The molecule has 0 aliphatic carbocycles. The van der Waals surface area contributed by atoms with E-state index in [1.807, 2.05) is 0 Å². The molecule has 0 amide bonds. The van der Waals surface area contributed by atoms with Gasteiger partial charge in [-0.25, -0.2) is 4.98 Å². The van der Waals surface area contributed by atoms with Gasteiger partial charge >= 0.3 is 4.87 Å². The maximum Gasteiger partial charge on any atom is 0.309 e. The van der Waals surface area contributed by atoms with Gasteiger partial charge in [-0.3, -0.25) is 9.36 Å². The molecule has 9 nitrogen and oxygen atoms in total. The van der Waals surface area contributed by atoms with E-state index >= 15 is 0 Å². The van der Waals surface area contributed by atoms with Crippen LogP contribution in [0.25, 0.3) is 27.6 Å². The molecule has 0 radical (unpaired) electrons. The minimum atomic E-state index is -0.301. The second-order valence-corrected chi connectivity index (χ2v) is 5.38. The molecule has 4 heterocycles. The first-order valence-corrected chi connectivity index (χ1v) is 7.04. The largest absolute Gasteiger partial charge is 0.461 e. The average Bonchev–Trinajstić information content (AvgIpc) is 3.19. The third kappa shape index (κ3) is 1.67. The quantitative estimate of drug-likeness (QED) is 0.547. The van der Waals surface area contributed by atoms with Gasteiger partial charge in [0.2, 0.25) is 11.8 Å². The van der Waals surface area contributed by atoms with E-state index < -0.39 is 0 Å². The van der Waals surface area contributed by atoms with Crippen LogP contribution in [0.2, 0.25) is 0 Å². The zero-order chi connectivity index (χ0) is 15.3. The van der Waals surface area contributed by atoms with Crippen LogP contribution in [0, 0.1) is 0 Å². The van der Waals surface area contributed by atoms with Gasteiger partial charge in [0.1, 0.15) is 11.0 Å². The molecule has 0 aliphatic heterocycles. The molecule has 0 aromatic carbocycles. The van der Waals surface area contributed by atoms with Crippen LogP contribution in [-0.4, -0.2) is 30.4 Å². The molecule has 0 fully saturated rings. The number of hydrogen-bond donors (Lipinski definition) is 1. The van der Waals surface area contributed by atoms with Crippen LogP contribution in [-0.2, 0) is 11.3 Å². The molecule has 0 aliphatic rings. The second kappa shape index (κ2) is 4.49. The highest BCUT2D eigenvalue weighted by atomic mass is 32.1. The predicted octanol–water partition coefficient (Wildman–Crippen LogP) is 0.542. The van der Waals surface area contributed by atoms with Gasteiger partial charge in [-0.2, -0.15) is 9.50 Å². The number of carbonyl (C=O) groups is 1. The monoisotopic (exact) mass is 316 g/mol. The topological polar surface area (TPSA) is 121 Å². The number of aldehydes is 1. The summed E-state index contributed by atoms with van der Waals surface area (Å²) in [6.45, 7) is -0.0827. The Kier molecular flexibility index (Phi) is 2.60.